The van der Waals surface area contributed by atoms with Gasteiger partial charge in [-0.2, -0.15) is 0 Å². The van der Waals surface area contributed by atoms with E-state index >= 15 is 0 Å². The zero-order chi connectivity index (χ0) is 19.1. The Bertz CT molecular complexity index is 968. The average molecular weight is 401 g/mol. The Kier molecular flexibility index (Phi) is 6.39. The Hall–Kier alpha value is -2.48. The van der Waals surface area contributed by atoms with Crippen LogP contribution in [0.15, 0.2) is 77.0 Å². The summed E-state index contributed by atoms with van der Waals surface area (Å²) in [6.07, 6.45) is 0.650. The van der Waals surface area contributed by atoms with Crippen LogP contribution in [-0.2, 0) is 23.0 Å². The van der Waals surface area contributed by atoms with Crippen molar-refractivity contribution in [1.29, 1.82) is 0 Å². The van der Waals surface area contributed by atoms with Gasteiger partial charge in [0.15, 0.2) is 0 Å². The predicted octanol–water partition coefficient (Wildman–Crippen LogP) is 3.20. The molecule has 1 aromatic heterocycles. The highest BCUT2D eigenvalue weighted by Crippen LogP contribution is 2.12. The molecule has 2 aromatic carbocycles. The molecule has 0 atom stereocenters. The number of hydrogen-bond donors (Lipinski definition) is 2. The van der Waals surface area contributed by atoms with Crippen LogP contribution in [-0.4, -0.2) is 20.9 Å². The Morgan fingerprint density at radius 2 is 1.67 bits per heavy atom. The van der Waals surface area contributed by atoms with Crippen LogP contribution in [0.25, 0.3) is 0 Å². The molecule has 140 valence electrons. The molecule has 27 heavy (non-hydrogen) atoms. The summed E-state index contributed by atoms with van der Waals surface area (Å²) in [7, 11) is -3.59. The number of hydrogen-bond acceptors (Lipinski definition) is 4. The molecule has 0 aliphatic rings. The van der Waals surface area contributed by atoms with Crippen LogP contribution in [0.2, 0.25) is 0 Å². The molecule has 2 N–H and O–H groups in total. The van der Waals surface area contributed by atoms with Crippen molar-refractivity contribution in [2.24, 2.45) is 0 Å². The highest BCUT2D eigenvalue weighted by molar-refractivity contribution is 7.89. The van der Waals surface area contributed by atoms with E-state index < -0.39 is 10.0 Å². The largest absolute Gasteiger partial charge is 0.348 e. The van der Waals surface area contributed by atoms with Gasteiger partial charge in [0.1, 0.15) is 0 Å². The lowest BCUT2D eigenvalue weighted by Crippen LogP contribution is -2.26. The molecule has 3 rings (SSSR count). The van der Waals surface area contributed by atoms with Gasteiger partial charge >= 0.3 is 0 Å². The summed E-state index contributed by atoms with van der Waals surface area (Å²) in [6.45, 7) is 0.756. The summed E-state index contributed by atoms with van der Waals surface area (Å²) in [5.74, 6) is -0.242. The van der Waals surface area contributed by atoms with Gasteiger partial charge in [-0.05, 0) is 47.7 Å². The molecule has 0 radical (unpaired) electrons. The van der Waals surface area contributed by atoms with Crippen molar-refractivity contribution in [3.05, 3.63) is 88.1 Å². The lowest BCUT2D eigenvalue weighted by atomic mass is 10.2. The highest BCUT2D eigenvalue weighted by Gasteiger charge is 2.14. The highest BCUT2D eigenvalue weighted by atomic mass is 32.2. The van der Waals surface area contributed by atoms with Gasteiger partial charge in [0.2, 0.25) is 10.0 Å². The summed E-state index contributed by atoms with van der Waals surface area (Å²) >= 11 is 1.60. The fraction of sp³-hybridized carbons (Fsp3) is 0.150. The molecule has 0 saturated carbocycles. The minimum absolute atomic E-state index is 0.147. The minimum atomic E-state index is -3.59. The van der Waals surface area contributed by atoms with Crippen LogP contribution in [0.4, 0.5) is 0 Å². The number of carbonyl (C=O) groups excluding carboxylic acids is 1. The van der Waals surface area contributed by atoms with E-state index in [1.165, 1.54) is 24.3 Å². The summed E-state index contributed by atoms with van der Waals surface area (Å²) in [5.41, 5.74) is 1.42. The lowest BCUT2D eigenvalue weighted by Gasteiger charge is -2.08. The van der Waals surface area contributed by atoms with E-state index in [0.29, 0.717) is 25.1 Å². The number of carbonyl (C=O) groups is 1. The van der Waals surface area contributed by atoms with E-state index in [4.69, 9.17) is 0 Å². The second kappa shape index (κ2) is 8.94. The van der Waals surface area contributed by atoms with Crippen LogP contribution < -0.4 is 10.0 Å². The first kappa shape index (κ1) is 19.3. The van der Waals surface area contributed by atoms with Gasteiger partial charge in [-0.1, -0.05) is 36.4 Å². The van der Waals surface area contributed by atoms with E-state index in [-0.39, 0.29) is 10.8 Å². The zero-order valence-electron chi connectivity index (χ0n) is 14.6. The van der Waals surface area contributed by atoms with Crippen molar-refractivity contribution < 1.29 is 13.2 Å². The van der Waals surface area contributed by atoms with E-state index in [1.54, 1.807) is 11.3 Å². The number of sulfonamides is 1. The van der Waals surface area contributed by atoms with Crippen LogP contribution in [0.5, 0.6) is 0 Å². The summed E-state index contributed by atoms with van der Waals surface area (Å²) in [5, 5.41) is 4.78. The standard InChI is InChI=1S/C20H20N2O3S2/c23-20(21-15-16-5-2-1-3-6-16)17-8-10-19(11-9-17)27(24,25)22-13-12-18-7-4-14-26-18/h1-11,14,22H,12-13,15H2,(H,21,23). The second-order valence-corrected chi connectivity index (χ2v) is 8.72. The van der Waals surface area contributed by atoms with Crippen LogP contribution in [0, 0.1) is 0 Å². The molecule has 0 unspecified atom stereocenters. The third kappa shape index (κ3) is 5.50. The number of nitrogens with one attached hydrogen (secondary N) is 2. The van der Waals surface area contributed by atoms with Gasteiger partial charge in [-0.15, -0.1) is 11.3 Å². The fourth-order valence-electron chi connectivity index (χ4n) is 2.51. The van der Waals surface area contributed by atoms with E-state index in [2.05, 4.69) is 10.0 Å². The van der Waals surface area contributed by atoms with Crippen molar-refractivity contribution in [3.63, 3.8) is 0 Å². The zero-order valence-corrected chi connectivity index (χ0v) is 16.2. The van der Waals surface area contributed by atoms with Crippen molar-refractivity contribution >= 4 is 27.3 Å². The molecule has 1 heterocycles. The summed E-state index contributed by atoms with van der Waals surface area (Å²) in [6, 6.07) is 19.4. The monoisotopic (exact) mass is 400 g/mol. The lowest BCUT2D eigenvalue weighted by molar-refractivity contribution is 0.0951. The normalized spacial score (nSPS) is 11.3. The van der Waals surface area contributed by atoms with Crippen LogP contribution >= 0.6 is 11.3 Å². The van der Waals surface area contributed by atoms with Crippen molar-refractivity contribution in [1.82, 2.24) is 10.0 Å². The van der Waals surface area contributed by atoms with E-state index in [0.717, 1.165) is 10.4 Å². The molecule has 7 heteroatoms. The van der Waals surface area contributed by atoms with Gasteiger partial charge in [0.25, 0.3) is 5.91 Å². The molecule has 0 fully saturated rings. The summed E-state index contributed by atoms with van der Waals surface area (Å²) < 4.78 is 27.3. The maximum absolute atomic E-state index is 12.3. The first-order valence-electron chi connectivity index (χ1n) is 8.49. The maximum Gasteiger partial charge on any atom is 0.251 e. The van der Waals surface area contributed by atoms with Crippen molar-refractivity contribution in [2.75, 3.05) is 6.54 Å². The topological polar surface area (TPSA) is 75.3 Å². The quantitative estimate of drug-likeness (QED) is 0.610. The van der Waals surface area contributed by atoms with Crippen LogP contribution in [0.1, 0.15) is 20.8 Å². The third-order valence-electron chi connectivity index (χ3n) is 3.97. The molecular weight excluding hydrogens is 380 g/mol. The van der Waals surface area contributed by atoms with Crippen molar-refractivity contribution in [2.45, 2.75) is 17.9 Å². The maximum atomic E-state index is 12.3. The summed E-state index contributed by atoms with van der Waals surface area (Å²) in [4.78, 5) is 13.5. The minimum Gasteiger partial charge on any atom is -0.348 e. The smallest absolute Gasteiger partial charge is 0.251 e. The van der Waals surface area contributed by atoms with E-state index in [1.807, 2.05) is 47.8 Å². The number of amides is 1. The van der Waals surface area contributed by atoms with Gasteiger partial charge in [0, 0.05) is 23.5 Å². The SMILES string of the molecule is O=C(NCc1ccccc1)c1ccc(S(=O)(=O)NCCc2cccs2)cc1. The first-order valence-corrected chi connectivity index (χ1v) is 10.8. The average Bonchev–Trinajstić information content (AvgIpc) is 3.20. The van der Waals surface area contributed by atoms with Gasteiger partial charge < -0.3 is 5.32 Å². The van der Waals surface area contributed by atoms with Gasteiger partial charge in [0.05, 0.1) is 4.90 Å². The molecular formula is C20H20N2O3S2. The molecule has 0 aliphatic heterocycles. The van der Waals surface area contributed by atoms with Crippen molar-refractivity contribution in [3.8, 4) is 0 Å². The molecule has 0 bridgehead atoms. The molecule has 3 aromatic rings. The Labute approximate surface area is 163 Å². The fourth-order valence-corrected chi connectivity index (χ4v) is 4.25. The molecule has 1 amide bonds. The number of benzene rings is 2. The molecule has 5 nitrogen and oxygen atoms in total. The first-order chi connectivity index (χ1) is 13.0. The number of thiophene rings is 1. The van der Waals surface area contributed by atoms with Gasteiger partial charge in [-0.3, -0.25) is 4.79 Å². The Balaban J connectivity index is 1.56. The molecule has 0 spiro atoms. The number of rotatable bonds is 8. The molecule has 0 aliphatic carbocycles. The predicted molar refractivity (Wildman–Crippen MR) is 107 cm³/mol. The third-order valence-corrected chi connectivity index (χ3v) is 6.38. The van der Waals surface area contributed by atoms with Gasteiger partial charge in [-0.25, -0.2) is 13.1 Å². The van der Waals surface area contributed by atoms with Crippen LogP contribution in [0.3, 0.4) is 0 Å². The van der Waals surface area contributed by atoms with E-state index in [9.17, 15) is 13.2 Å². The molecule has 0 saturated heterocycles. The second-order valence-electron chi connectivity index (χ2n) is 5.92. The Morgan fingerprint density at radius 3 is 2.33 bits per heavy atom. The Morgan fingerprint density at radius 1 is 0.926 bits per heavy atom.